The minimum atomic E-state index is 0.448. The van der Waals surface area contributed by atoms with E-state index in [1.807, 2.05) is 0 Å². The molecule has 1 aliphatic heterocycles. The molecule has 0 radical (unpaired) electrons. The van der Waals surface area contributed by atoms with E-state index in [9.17, 15) is 0 Å². The molecular formula is C17H27NO2. The second-order valence-electron chi connectivity index (χ2n) is 5.58. The zero-order chi connectivity index (χ0) is 14.5. The summed E-state index contributed by atoms with van der Waals surface area (Å²) in [6, 6.07) is 4.76. The highest BCUT2D eigenvalue weighted by molar-refractivity contribution is 5.49. The zero-order valence-corrected chi connectivity index (χ0v) is 13.2. The Morgan fingerprint density at radius 1 is 1.15 bits per heavy atom. The minimum Gasteiger partial charge on any atom is -0.493 e. The fraction of sp³-hybridized carbons (Fsp3) is 0.647. The Hall–Kier alpha value is -1.22. The van der Waals surface area contributed by atoms with Crippen LogP contribution < -0.4 is 14.8 Å². The van der Waals surface area contributed by atoms with Gasteiger partial charge in [0, 0.05) is 6.04 Å². The van der Waals surface area contributed by atoms with E-state index in [1.165, 1.54) is 30.4 Å². The normalized spacial score (nSPS) is 17.9. The Kier molecular flexibility index (Phi) is 5.30. The average Bonchev–Trinajstić information content (AvgIpc) is 2.51. The van der Waals surface area contributed by atoms with Crippen LogP contribution in [0.25, 0.3) is 0 Å². The minimum absolute atomic E-state index is 0.448. The Labute approximate surface area is 122 Å². The lowest BCUT2D eigenvalue weighted by atomic mass is 9.86. The fourth-order valence-electron chi connectivity index (χ4n) is 3.13. The van der Waals surface area contributed by atoms with Crippen molar-refractivity contribution in [3.63, 3.8) is 0 Å². The molecule has 0 aromatic heterocycles. The number of nitrogens with one attached hydrogen (secondary N) is 1. The number of hydrogen-bond donors (Lipinski definition) is 1. The Morgan fingerprint density at radius 2 is 1.80 bits per heavy atom. The van der Waals surface area contributed by atoms with Crippen molar-refractivity contribution in [2.24, 2.45) is 5.92 Å². The highest BCUT2D eigenvalue weighted by atomic mass is 16.5. The number of benzene rings is 1. The van der Waals surface area contributed by atoms with Crippen molar-refractivity contribution >= 4 is 0 Å². The van der Waals surface area contributed by atoms with Gasteiger partial charge in [-0.25, -0.2) is 0 Å². The van der Waals surface area contributed by atoms with Gasteiger partial charge in [-0.15, -0.1) is 0 Å². The molecule has 2 rings (SSSR count). The van der Waals surface area contributed by atoms with Gasteiger partial charge in [0.25, 0.3) is 0 Å². The quantitative estimate of drug-likeness (QED) is 0.859. The summed E-state index contributed by atoms with van der Waals surface area (Å²) in [7, 11) is 3.41. The SMILES string of the molecule is CCC(CC)CC1NCCc2cc(OC)c(OC)cc21. The lowest BCUT2D eigenvalue weighted by Gasteiger charge is -2.30. The van der Waals surface area contributed by atoms with Gasteiger partial charge < -0.3 is 14.8 Å². The van der Waals surface area contributed by atoms with Gasteiger partial charge in [0.05, 0.1) is 14.2 Å². The first-order chi connectivity index (χ1) is 9.73. The molecule has 0 fully saturated rings. The monoisotopic (exact) mass is 277 g/mol. The van der Waals surface area contributed by atoms with Crippen molar-refractivity contribution in [2.45, 2.75) is 45.6 Å². The molecule has 3 heteroatoms. The van der Waals surface area contributed by atoms with E-state index in [0.717, 1.165) is 30.4 Å². The maximum absolute atomic E-state index is 5.46. The summed E-state index contributed by atoms with van der Waals surface area (Å²) in [5.41, 5.74) is 2.79. The molecule has 20 heavy (non-hydrogen) atoms. The molecule has 1 aliphatic rings. The van der Waals surface area contributed by atoms with Gasteiger partial charge in [-0.2, -0.15) is 0 Å². The lowest BCUT2D eigenvalue weighted by molar-refractivity contribution is 0.343. The summed E-state index contributed by atoms with van der Waals surface area (Å²) in [5.74, 6) is 2.46. The maximum atomic E-state index is 5.46. The second kappa shape index (κ2) is 6.98. The van der Waals surface area contributed by atoms with E-state index in [-0.39, 0.29) is 0 Å². The largest absolute Gasteiger partial charge is 0.493 e. The van der Waals surface area contributed by atoms with E-state index in [0.29, 0.717) is 6.04 Å². The summed E-state index contributed by atoms with van der Waals surface area (Å²) < 4.78 is 10.9. The number of hydrogen-bond acceptors (Lipinski definition) is 3. The average molecular weight is 277 g/mol. The molecule has 1 aromatic carbocycles. The van der Waals surface area contributed by atoms with Gasteiger partial charge in [-0.3, -0.25) is 0 Å². The molecule has 1 unspecified atom stereocenters. The third-order valence-electron chi connectivity index (χ3n) is 4.53. The Morgan fingerprint density at radius 3 is 2.40 bits per heavy atom. The van der Waals surface area contributed by atoms with Crippen molar-refractivity contribution in [3.8, 4) is 11.5 Å². The van der Waals surface area contributed by atoms with Crippen LogP contribution in [0, 0.1) is 5.92 Å². The first-order valence-electron chi connectivity index (χ1n) is 7.71. The van der Waals surface area contributed by atoms with Crippen LogP contribution in [0.4, 0.5) is 0 Å². The third-order valence-corrected chi connectivity index (χ3v) is 4.53. The number of ether oxygens (including phenoxy) is 2. The summed E-state index contributed by atoms with van der Waals surface area (Å²) in [6.07, 6.45) is 4.76. The van der Waals surface area contributed by atoms with Crippen LogP contribution in [0.1, 0.15) is 50.3 Å². The van der Waals surface area contributed by atoms with Gasteiger partial charge in [-0.05, 0) is 48.6 Å². The standard InChI is InChI=1S/C17H27NO2/c1-5-12(6-2)9-15-14-11-17(20-4)16(19-3)10-13(14)7-8-18-15/h10-12,15,18H,5-9H2,1-4H3. The molecule has 1 aromatic rings. The van der Waals surface area contributed by atoms with Crippen LogP contribution in [0.5, 0.6) is 11.5 Å². The van der Waals surface area contributed by atoms with E-state index in [1.54, 1.807) is 14.2 Å². The molecule has 1 atom stereocenters. The van der Waals surface area contributed by atoms with E-state index >= 15 is 0 Å². The Balaban J connectivity index is 2.29. The highest BCUT2D eigenvalue weighted by Crippen LogP contribution is 2.37. The zero-order valence-electron chi connectivity index (χ0n) is 13.2. The summed E-state index contributed by atoms with van der Waals surface area (Å²) in [5, 5.41) is 3.67. The second-order valence-corrected chi connectivity index (χ2v) is 5.58. The van der Waals surface area contributed by atoms with Crippen LogP contribution in [-0.4, -0.2) is 20.8 Å². The molecule has 0 spiro atoms. The van der Waals surface area contributed by atoms with Gasteiger partial charge in [0.2, 0.25) is 0 Å². The first kappa shape index (κ1) is 15.2. The lowest BCUT2D eigenvalue weighted by Crippen LogP contribution is -2.31. The number of methoxy groups -OCH3 is 2. The first-order valence-corrected chi connectivity index (χ1v) is 7.71. The summed E-state index contributed by atoms with van der Waals surface area (Å²) in [6.45, 7) is 5.62. The smallest absolute Gasteiger partial charge is 0.161 e. The highest BCUT2D eigenvalue weighted by Gasteiger charge is 2.24. The van der Waals surface area contributed by atoms with Gasteiger partial charge in [0.1, 0.15) is 0 Å². The molecule has 3 nitrogen and oxygen atoms in total. The van der Waals surface area contributed by atoms with Crippen LogP contribution in [0.2, 0.25) is 0 Å². The molecule has 112 valence electrons. The molecule has 0 saturated carbocycles. The van der Waals surface area contributed by atoms with Crippen LogP contribution in [0.15, 0.2) is 12.1 Å². The predicted molar refractivity (Wildman–Crippen MR) is 82.7 cm³/mol. The molecule has 1 heterocycles. The van der Waals surface area contributed by atoms with Crippen molar-refractivity contribution in [3.05, 3.63) is 23.3 Å². The van der Waals surface area contributed by atoms with Crippen molar-refractivity contribution < 1.29 is 9.47 Å². The molecule has 1 N–H and O–H groups in total. The van der Waals surface area contributed by atoms with E-state index in [2.05, 4.69) is 31.3 Å². The van der Waals surface area contributed by atoms with Crippen LogP contribution >= 0.6 is 0 Å². The third kappa shape index (κ3) is 3.09. The Bertz CT molecular complexity index is 441. The number of fused-ring (bicyclic) bond motifs is 1. The molecule has 0 saturated heterocycles. The molecule has 0 bridgehead atoms. The van der Waals surface area contributed by atoms with Crippen molar-refractivity contribution in [1.82, 2.24) is 5.32 Å². The van der Waals surface area contributed by atoms with Gasteiger partial charge >= 0.3 is 0 Å². The fourth-order valence-corrected chi connectivity index (χ4v) is 3.13. The van der Waals surface area contributed by atoms with Crippen LogP contribution in [-0.2, 0) is 6.42 Å². The molecule has 0 amide bonds. The van der Waals surface area contributed by atoms with Crippen molar-refractivity contribution in [1.29, 1.82) is 0 Å². The van der Waals surface area contributed by atoms with E-state index < -0.39 is 0 Å². The predicted octanol–water partition coefficient (Wildman–Crippen LogP) is 3.72. The number of rotatable bonds is 6. The summed E-state index contributed by atoms with van der Waals surface area (Å²) in [4.78, 5) is 0. The van der Waals surface area contributed by atoms with Crippen molar-refractivity contribution in [2.75, 3.05) is 20.8 Å². The maximum Gasteiger partial charge on any atom is 0.161 e. The van der Waals surface area contributed by atoms with Crippen LogP contribution in [0.3, 0.4) is 0 Å². The van der Waals surface area contributed by atoms with Gasteiger partial charge in [0.15, 0.2) is 11.5 Å². The molecular weight excluding hydrogens is 250 g/mol. The molecule has 0 aliphatic carbocycles. The summed E-state index contributed by atoms with van der Waals surface area (Å²) >= 11 is 0. The topological polar surface area (TPSA) is 30.5 Å². The van der Waals surface area contributed by atoms with Gasteiger partial charge in [-0.1, -0.05) is 26.7 Å². The van der Waals surface area contributed by atoms with E-state index in [4.69, 9.17) is 9.47 Å².